The molecule has 0 aromatic carbocycles. The quantitative estimate of drug-likeness (QED) is 0.191. The molecule has 1 rings (SSSR count). The van der Waals surface area contributed by atoms with Crippen LogP contribution in [0.25, 0.3) is 0 Å². The summed E-state index contributed by atoms with van der Waals surface area (Å²) in [6, 6.07) is 1.72. The normalized spacial score (nSPS) is 10.5. The Labute approximate surface area is 118 Å². The van der Waals surface area contributed by atoms with Crippen molar-refractivity contribution >= 4 is 17.7 Å². The Bertz CT molecular complexity index is 412. The summed E-state index contributed by atoms with van der Waals surface area (Å²) in [5, 5.41) is 0.615. The van der Waals surface area contributed by atoms with E-state index in [1.807, 2.05) is 6.26 Å². The fourth-order valence-corrected chi connectivity index (χ4v) is 2.19. The summed E-state index contributed by atoms with van der Waals surface area (Å²) in [5.41, 5.74) is 3.36. The zero-order chi connectivity index (χ0) is 14.1. The van der Waals surface area contributed by atoms with Crippen molar-refractivity contribution in [3.05, 3.63) is 17.5 Å². The van der Waals surface area contributed by atoms with Crippen LogP contribution in [0.2, 0.25) is 0 Å². The van der Waals surface area contributed by atoms with Gasteiger partial charge in [-0.15, -0.1) is 0 Å². The van der Waals surface area contributed by atoms with Gasteiger partial charge < -0.3 is 0 Å². The maximum absolute atomic E-state index is 11.5. The highest BCUT2D eigenvalue weighted by Gasteiger charge is 2.10. The van der Waals surface area contributed by atoms with Crippen LogP contribution in [0.4, 0.5) is 0 Å². The lowest BCUT2D eigenvalue weighted by atomic mass is 10.1. The van der Waals surface area contributed by atoms with Gasteiger partial charge >= 0.3 is 0 Å². The molecule has 0 aliphatic heterocycles. The Kier molecular flexibility index (Phi) is 7.43. The van der Waals surface area contributed by atoms with Crippen LogP contribution in [0.15, 0.2) is 11.2 Å². The summed E-state index contributed by atoms with van der Waals surface area (Å²) in [5.74, 6) is 4.76. The van der Waals surface area contributed by atoms with Crippen LogP contribution in [0.3, 0.4) is 0 Å². The molecule has 1 heterocycles. The molecule has 1 aromatic rings. The summed E-state index contributed by atoms with van der Waals surface area (Å²) in [6.45, 7) is 2.20. The summed E-state index contributed by atoms with van der Waals surface area (Å²) in [4.78, 5) is 20.1. The van der Waals surface area contributed by atoms with Gasteiger partial charge in [-0.3, -0.25) is 10.2 Å². The third kappa shape index (κ3) is 5.57. The third-order valence-corrected chi connectivity index (χ3v) is 3.39. The van der Waals surface area contributed by atoms with Crippen molar-refractivity contribution in [2.45, 2.75) is 50.6 Å². The van der Waals surface area contributed by atoms with Crippen molar-refractivity contribution in [1.82, 2.24) is 15.4 Å². The predicted molar refractivity (Wildman–Crippen MR) is 77.9 cm³/mol. The molecule has 0 atom stereocenters. The van der Waals surface area contributed by atoms with Crippen molar-refractivity contribution in [3.63, 3.8) is 0 Å². The summed E-state index contributed by atoms with van der Waals surface area (Å²) in [7, 11) is 0. The molecule has 0 aliphatic rings. The molecule has 1 amide bonds. The number of amides is 1. The number of nitrogens with two attached hydrogens (primary N) is 1. The number of hydrogen-bond acceptors (Lipinski definition) is 5. The minimum absolute atomic E-state index is 0.338. The predicted octanol–water partition coefficient (Wildman–Crippen LogP) is 2.31. The standard InChI is InChI=1S/C13H22N4OS/c1-3-4-5-6-7-8-10-9-11(12(18)17-14)16-13(15-10)19-2/h9H,3-8,14H2,1-2H3,(H,17,18). The van der Waals surface area contributed by atoms with Gasteiger partial charge in [-0.05, 0) is 25.2 Å². The van der Waals surface area contributed by atoms with Gasteiger partial charge in [0.15, 0.2) is 5.16 Å². The van der Waals surface area contributed by atoms with E-state index in [9.17, 15) is 4.79 Å². The number of nitrogens with zero attached hydrogens (tertiary/aromatic N) is 2. The number of rotatable bonds is 8. The van der Waals surface area contributed by atoms with E-state index < -0.39 is 0 Å². The van der Waals surface area contributed by atoms with Crippen LogP contribution in [-0.4, -0.2) is 22.1 Å². The second-order valence-corrected chi connectivity index (χ2v) is 5.14. The molecule has 5 nitrogen and oxygen atoms in total. The monoisotopic (exact) mass is 282 g/mol. The van der Waals surface area contributed by atoms with Gasteiger partial charge in [-0.2, -0.15) is 0 Å². The van der Waals surface area contributed by atoms with Gasteiger partial charge in [0.2, 0.25) is 0 Å². The van der Waals surface area contributed by atoms with Crippen LogP contribution in [-0.2, 0) is 6.42 Å². The highest BCUT2D eigenvalue weighted by atomic mass is 32.2. The molecular formula is C13H22N4OS. The minimum Gasteiger partial charge on any atom is -0.289 e. The largest absolute Gasteiger partial charge is 0.289 e. The second-order valence-electron chi connectivity index (χ2n) is 4.37. The van der Waals surface area contributed by atoms with E-state index in [1.165, 1.54) is 37.4 Å². The number of carbonyl (C=O) groups is 1. The molecule has 3 N–H and O–H groups in total. The maximum Gasteiger partial charge on any atom is 0.283 e. The SMILES string of the molecule is CCCCCCCc1cc(C(=O)NN)nc(SC)n1. The summed E-state index contributed by atoms with van der Waals surface area (Å²) >= 11 is 1.43. The number of aryl methyl sites for hydroxylation is 1. The molecule has 0 bridgehead atoms. The molecule has 106 valence electrons. The Morgan fingerprint density at radius 2 is 2.05 bits per heavy atom. The molecular weight excluding hydrogens is 260 g/mol. The lowest BCUT2D eigenvalue weighted by Gasteiger charge is -2.06. The minimum atomic E-state index is -0.370. The molecule has 0 radical (unpaired) electrons. The van der Waals surface area contributed by atoms with Gasteiger partial charge in [-0.25, -0.2) is 15.8 Å². The number of nitrogen functional groups attached to an aromatic ring is 1. The van der Waals surface area contributed by atoms with Crippen molar-refractivity contribution in [2.24, 2.45) is 5.84 Å². The number of aromatic nitrogens is 2. The smallest absolute Gasteiger partial charge is 0.283 e. The molecule has 0 spiro atoms. The number of nitrogens with one attached hydrogen (secondary N) is 1. The first-order chi connectivity index (χ1) is 9.21. The molecule has 0 saturated heterocycles. The van der Waals surface area contributed by atoms with Crippen LogP contribution >= 0.6 is 11.8 Å². The van der Waals surface area contributed by atoms with E-state index in [0.717, 1.165) is 18.5 Å². The van der Waals surface area contributed by atoms with Crippen LogP contribution in [0, 0.1) is 0 Å². The van der Waals surface area contributed by atoms with Gasteiger partial charge in [0, 0.05) is 5.69 Å². The fourth-order valence-electron chi connectivity index (χ4n) is 1.79. The topological polar surface area (TPSA) is 80.9 Å². The zero-order valence-corrected chi connectivity index (χ0v) is 12.4. The first-order valence-electron chi connectivity index (χ1n) is 6.64. The van der Waals surface area contributed by atoms with E-state index in [1.54, 1.807) is 6.07 Å². The summed E-state index contributed by atoms with van der Waals surface area (Å²) < 4.78 is 0. The average Bonchev–Trinajstić information content (AvgIpc) is 2.45. The van der Waals surface area contributed by atoms with E-state index in [4.69, 9.17) is 5.84 Å². The van der Waals surface area contributed by atoms with Gasteiger partial charge in [0.1, 0.15) is 5.69 Å². The number of hydrogen-bond donors (Lipinski definition) is 2. The van der Waals surface area contributed by atoms with Gasteiger partial charge in [0.25, 0.3) is 5.91 Å². The lowest BCUT2D eigenvalue weighted by molar-refractivity contribution is 0.0947. The molecule has 0 aliphatic carbocycles. The summed E-state index contributed by atoms with van der Waals surface area (Å²) in [6.07, 6.45) is 8.84. The molecule has 0 saturated carbocycles. The first-order valence-corrected chi connectivity index (χ1v) is 7.86. The van der Waals surface area contributed by atoms with Crippen molar-refractivity contribution in [1.29, 1.82) is 0 Å². The number of unbranched alkanes of at least 4 members (excludes halogenated alkanes) is 4. The van der Waals surface area contributed by atoms with Crippen molar-refractivity contribution in [2.75, 3.05) is 6.26 Å². The third-order valence-electron chi connectivity index (χ3n) is 2.84. The Hall–Kier alpha value is -1.14. The van der Waals surface area contributed by atoms with Gasteiger partial charge in [0.05, 0.1) is 0 Å². The molecule has 19 heavy (non-hydrogen) atoms. The van der Waals surface area contributed by atoms with Crippen molar-refractivity contribution < 1.29 is 4.79 Å². The molecule has 0 unspecified atom stereocenters. The highest BCUT2D eigenvalue weighted by molar-refractivity contribution is 7.98. The van der Waals surface area contributed by atoms with Crippen LogP contribution in [0.5, 0.6) is 0 Å². The molecule has 0 fully saturated rings. The van der Waals surface area contributed by atoms with Crippen LogP contribution in [0.1, 0.15) is 55.2 Å². The molecule has 1 aromatic heterocycles. The lowest BCUT2D eigenvalue weighted by Crippen LogP contribution is -2.31. The number of hydrazine groups is 1. The van der Waals surface area contributed by atoms with Gasteiger partial charge in [-0.1, -0.05) is 44.4 Å². The second kappa shape index (κ2) is 8.87. The van der Waals surface area contributed by atoms with E-state index in [2.05, 4.69) is 22.3 Å². The van der Waals surface area contributed by atoms with Crippen molar-refractivity contribution in [3.8, 4) is 0 Å². The molecule has 6 heteroatoms. The Morgan fingerprint density at radius 3 is 2.68 bits per heavy atom. The zero-order valence-electron chi connectivity index (χ0n) is 11.6. The maximum atomic E-state index is 11.5. The Balaban J connectivity index is 2.63. The number of thioether (sulfide) groups is 1. The first kappa shape index (κ1) is 15.9. The Morgan fingerprint density at radius 1 is 1.32 bits per heavy atom. The number of carbonyl (C=O) groups excluding carboxylic acids is 1. The van der Waals surface area contributed by atoms with Crippen LogP contribution < -0.4 is 11.3 Å². The average molecular weight is 282 g/mol. The van der Waals surface area contributed by atoms with E-state index in [0.29, 0.717) is 10.9 Å². The van der Waals surface area contributed by atoms with E-state index >= 15 is 0 Å². The fraction of sp³-hybridized carbons (Fsp3) is 0.615. The highest BCUT2D eigenvalue weighted by Crippen LogP contribution is 2.13. The van der Waals surface area contributed by atoms with E-state index in [-0.39, 0.29) is 5.91 Å².